The molecule has 3 heterocycles. The molecule has 3 rings (SSSR count). The minimum Gasteiger partial charge on any atom is -0.398 e. The van der Waals surface area contributed by atoms with E-state index in [0.29, 0.717) is 0 Å². The standard InChI is InChI=1S/C16H26BN3O2/c1-15(2)16(3,4)22-17(21-15)13-7-6-8-14(18-13)20-11-9-19(5)10-12-20/h6-8H,9-12H2,1-5H3. The van der Waals surface area contributed by atoms with Gasteiger partial charge in [0.25, 0.3) is 0 Å². The maximum atomic E-state index is 6.10. The van der Waals surface area contributed by atoms with Crippen molar-refractivity contribution in [1.29, 1.82) is 0 Å². The van der Waals surface area contributed by atoms with E-state index in [1.165, 1.54) is 0 Å². The molecule has 1 aromatic heterocycles. The van der Waals surface area contributed by atoms with Crippen LogP contribution in [-0.4, -0.2) is 61.4 Å². The lowest BCUT2D eigenvalue weighted by Gasteiger charge is -2.33. The lowest BCUT2D eigenvalue weighted by atomic mass is 9.84. The van der Waals surface area contributed by atoms with Crippen LogP contribution in [0.2, 0.25) is 0 Å². The molecule has 0 radical (unpaired) electrons. The molecule has 1 aromatic rings. The van der Waals surface area contributed by atoms with E-state index in [2.05, 4.69) is 50.6 Å². The average molecular weight is 303 g/mol. The summed E-state index contributed by atoms with van der Waals surface area (Å²) in [7, 11) is 1.77. The van der Waals surface area contributed by atoms with E-state index in [9.17, 15) is 0 Å². The molecule has 2 aliphatic rings. The first-order chi connectivity index (χ1) is 10.3. The van der Waals surface area contributed by atoms with Crippen LogP contribution in [0.25, 0.3) is 0 Å². The quantitative estimate of drug-likeness (QED) is 0.766. The van der Waals surface area contributed by atoms with Crippen molar-refractivity contribution in [1.82, 2.24) is 9.88 Å². The molecule has 6 heteroatoms. The van der Waals surface area contributed by atoms with Crippen molar-refractivity contribution in [3.05, 3.63) is 18.2 Å². The van der Waals surface area contributed by atoms with E-state index in [4.69, 9.17) is 14.3 Å². The fourth-order valence-corrected chi connectivity index (χ4v) is 2.75. The molecule has 0 atom stereocenters. The zero-order chi connectivity index (χ0) is 16.0. The van der Waals surface area contributed by atoms with Crippen molar-refractivity contribution in [2.75, 3.05) is 38.1 Å². The van der Waals surface area contributed by atoms with E-state index in [1.54, 1.807) is 0 Å². The van der Waals surface area contributed by atoms with E-state index >= 15 is 0 Å². The van der Waals surface area contributed by atoms with Crippen LogP contribution < -0.4 is 10.5 Å². The number of pyridine rings is 1. The SMILES string of the molecule is CN1CCN(c2cccc(B3OC(C)(C)C(C)(C)O3)n2)CC1. The van der Waals surface area contributed by atoms with Gasteiger partial charge in [-0.3, -0.25) is 0 Å². The Bertz CT molecular complexity index is 526. The molecule has 22 heavy (non-hydrogen) atoms. The Kier molecular flexibility index (Phi) is 3.95. The van der Waals surface area contributed by atoms with Gasteiger partial charge in [-0.1, -0.05) is 6.07 Å². The second-order valence-corrected chi connectivity index (χ2v) is 7.30. The fraction of sp³-hybridized carbons (Fsp3) is 0.688. The smallest absolute Gasteiger partial charge is 0.398 e. The van der Waals surface area contributed by atoms with Gasteiger partial charge in [0.2, 0.25) is 0 Å². The maximum absolute atomic E-state index is 6.10. The first-order valence-electron chi connectivity index (χ1n) is 8.05. The van der Waals surface area contributed by atoms with E-state index < -0.39 is 7.12 Å². The highest BCUT2D eigenvalue weighted by atomic mass is 16.7. The van der Waals surface area contributed by atoms with E-state index in [0.717, 1.165) is 37.6 Å². The Balaban J connectivity index is 1.78. The molecule has 2 aliphatic heterocycles. The van der Waals surface area contributed by atoms with Crippen molar-refractivity contribution >= 4 is 18.5 Å². The number of hydrogen-bond donors (Lipinski definition) is 0. The van der Waals surface area contributed by atoms with Crippen LogP contribution in [0, 0.1) is 0 Å². The molecule has 2 saturated heterocycles. The first-order valence-corrected chi connectivity index (χ1v) is 8.05. The largest absolute Gasteiger partial charge is 0.514 e. The lowest BCUT2D eigenvalue weighted by molar-refractivity contribution is 0.00578. The van der Waals surface area contributed by atoms with Crippen LogP contribution in [0.1, 0.15) is 27.7 Å². The molecule has 0 unspecified atom stereocenters. The second-order valence-electron chi connectivity index (χ2n) is 7.30. The highest BCUT2D eigenvalue weighted by Crippen LogP contribution is 2.36. The molecule has 5 nitrogen and oxygen atoms in total. The fourth-order valence-electron chi connectivity index (χ4n) is 2.75. The van der Waals surface area contributed by atoms with Crippen LogP contribution in [-0.2, 0) is 9.31 Å². The lowest BCUT2D eigenvalue weighted by Crippen LogP contribution is -2.46. The Labute approximate surface area is 133 Å². The highest BCUT2D eigenvalue weighted by Gasteiger charge is 2.52. The number of rotatable bonds is 2. The number of nitrogens with zero attached hydrogens (tertiary/aromatic N) is 3. The molecule has 0 N–H and O–H groups in total. The molecule has 0 aliphatic carbocycles. The van der Waals surface area contributed by atoms with Crippen LogP contribution >= 0.6 is 0 Å². The molecule has 0 amide bonds. The molecular weight excluding hydrogens is 277 g/mol. The van der Waals surface area contributed by atoms with Gasteiger partial charge in [-0.05, 0) is 46.9 Å². The number of piperazine rings is 1. The summed E-state index contributed by atoms with van der Waals surface area (Å²) in [5.41, 5.74) is 0.196. The minimum atomic E-state index is -0.391. The van der Waals surface area contributed by atoms with Gasteiger partial charge < -0.3 is 19.1 Å². The number of likely N-dealkylation sites (N-methyl/N-ethyl adjacent to an activating group) is 1. The number of anilines is 1. The molecular formula is C16H26BN3O2. The minimum absolute atomic E-state index is 0.330. The molecule has 2 fully saturated rings. The normalized spacial score (nSPS) is 24.8. The summed E-state index contributed by atoms with van der Waals surface area (Å²) in [5, 5.41) is 0. The van der Waals surface area contributed by atoms with Crippen molar-refractivity contribution in [2.24, 2.45) is 0 Å². The van der Waals surface area contributed by atoms with Crippen molar-refractivity contribution < 1.29 is 9.31 Å². The van der Waals surface area contributed by atoms with Crippen LogP contribution in [0.15, 0.2) is 18.2 Å². The summed E-state index contributed by atoms with van der Waals surface area (Å²) in [5.74, 6) is 1.01. The Morgan fingerprint density at radius 3 is 2.18 bits per heavy atom. The van der Waals surface area contributed by atoms with E-state index in [1.807, 2.05) is 12.1 Å². The van der Waals surface area contributed by atoms with Crippen LogP contribution in [0.4, 0.5) is 5.82 Å². The summed E-state index contributed by atoms with van der Waals surface area (Å²) in [6.07, 6.45) is 0. The highest BCUT2D eigenvalue weighted by molar-refractivity contribution is 6.61. The monoisotopic (exact) mass is 303 g/mol. The van der Waals surface area contributed by atoms with Crippen molar-refractivity contribution in [3.63, 3.8) is 0 Å². The molecule has 0 bridgehead atoms. The average Bonchev–Trinajstić information content (AvgIpc) is 2.68. The van der Waals surface area contributed by atoms with Crippen LogP contribution in [0.5, 0.6) is 0 Å². The van der Waals surface area contributed by atoms with Crippen molar-refractivity contribution in [3.8, 4) is 0 Å². The summed E-state index contributed by atoms with van der Waals surface area (Å²) in [4.78, 5) is 9.46. The second kappa shape index (κ2) is 5.51. The maximum Gasteiger partial charge on any atom is 0.514 e. The summed E-state index contributed by atoms with van der Waals surface area (Å²) in [6.45, 7) is 12.4. The predicted octanol–water partition coefficient (Wildman–Crippen LogP) is 1.13. The molecule has 120 valence electrons. The Hall–Kier alpha value is -1.11. The van der Waals surface area contributed by atoms with Gasteiger partial charge in [0.15, 0.2) is 0 Å². The van der Waals surface area contributed by atoms with Crippen molar-refractivity contribution in [2.45, 2.75) is 38.9 Å². The Morgan fingerprint density at radius 2 is 1.59 bits per heavy atom. The first kappa shape index (κ1) is 15.8. The summed E-state index contributed by atoms with van der Waals surface area (Å²) in [6, 6.07) is 6.10. The summed E-state index contributed by atoms with van der Waals surface area (Å²) >= 11 is 0. The number of hydrogen-bond acceptors (Lipinski definition) is 5. The molecule has 0 saturated carbocycles. The Morgan fingerprint density at radius 1 is 1.00 bits per heavy atom. The van der Waals surface area contributed by atoms with Gasteiger partial charge in [0.05, 0.1) is 16.8 Å². The van der Waals surface area contributed by atoms with E-state index in [-0.39, 0.29) is 11.2 Å². The molecule has 0 spiro atoms. The predicted molar refractivity (Wildman–Crippen MR) is 89.7 cm³/mol. The zero-order valence-corrected chi connectivity index (χ0v) is 14.3. The van der Waals surface area contributed by atoms with Gasteiger partial charge in [-0.15, -0.1) is 0 Å². The zero-order valence-electron chi connectivity index (χ0n) is 14.3. The van der Waals surface area contributed by atoms with Gasteiger partial charge in [-0.2, -0.15) is 0 Å². The van der Waals surface area contributed by atoms with Gasteiger partial charge in [0, 0.05) is 26.2 Å². The van der Waals surface area contributed by atoms with Crippen LogP contribution in [0.3, 0.4) is 0 Å². The van der Waals surface area contributed by atoms with Gasteiger partial charge in [0.1, 0.15) is 5.82 Å². The topological polar surface area (TPSA) is 37.8 Å². The molecule has 0 aromatic carbocycles. The third-order valence-corrected chi connectivity index (χ3v) is 5.08. The number of aromatic nitrogens is 1. The third kappa shape index (κ3) is 2.87. The van der Waals surface area contributed by atoms with Gasteiger partial charge in [-0.25, -0.2) is 4.98 Å². The van der Waals surface area contributed by atoms with Gasteiger partial charge >= 0.3 is 7.12 Å². The summed E-state index contributed by atoms with van der Waals surface area (Å²) < 4.78 is 12.2. The third-order valence-electron chi connectivity index (χ3n) is 5.08.